The van der Waals surface area contributed by atoms with E-state index in [1.165, 1.54) is 19.2 Å². The molecule has 0 radical (unpaired) electrons. The zero-order valence-electron chi connectivity index (χ0n) is 16.5. The molecule has 0 aliphatic carbocycles. The number of hydrogen-bond donors (Lipinski definition) is 1. The number of nitrogens with zero attached hydrogens (tertiary/aromatic N) is 1. The van der Waals surface area contributed by atoms with Crippen LogP contribution in [0.5, 0.6) is 5.75 Å². The lowest BCUT2D eigenvalue weighted by molar-refractivity contribution is 0.0950. The minimum absolute atomic E-state index is 0.0158. The Balaban J connectivity index is 1.76. The summed E-state index contributed by atoms with van der Waals surface area (Å²) in [7, 11) is -0.832. The number of carbonyl (C=O) groups excluding carboxylic acids is 1. The molecular formula is C22H21ClN2O4S. The van der Waals surface area contributed by atoms with Crippen molar-refractivity contribution in [3.05, 3.63) is 88.9 Å². The van der Waals surface area contributed by atoms with Crippen molar-refractivity contribution in [3.63, 3.8) is 0 Å². The Morgan fingerprint density at radius 2 is 1.73 bits per heavy atom. The molecule has 156 valence electrons. The Kier molecular flexibility index (Phi) is 6.64. The molecule has 0 heterocycles. The lowest BCUT2D eigenvalue weighted by Crippen LogP contribution is -2.27. The van der Waals surface area contributed by atoms with Gasteiger partial charge < -0.3 is 10.1 Å². The van der Waals surface area contributed by atoms with E-state index in [1.54, 1.807) is 55.6 Å². The van der Waals surface area contributed by atoms with Crippen LogP contribution in [0.2, 0.25) is 5.02 Å². The fourth-order valence-electron chi connectivity index (χ4n) is 2.79. The Hall–Kier alpha value is -3.03. The van der Waals surface area contributed by atoms with Crippen molar-refractivity contribution in [1.82, 2.24) is 5.32 Å². The number of ether oxygens (including phenoxy) is 1. The normalized spacial score (nSPS) is 11.0. The molecule has 0 aliphatic heterocycles. The lowest BCUT2D eigenvalue weighted by atomic mass is 10.2. The first-order chi connectivity index (χ1) is 14.3. The van der Waals surface area contributed by atoms with Crippen LogP contribution in [0.4, 0.5) is 5.69 Å². The number of halogens is 1. The number of carbonyl (C=O) groups is 1. The summed E-state index contributed by atoms with van der Waals surface area (Å²) in [5, 5.41) is 3.23. The van der Waals surface area contributed by atoms with Crippen LogP contribution in [-0.4, -0.2) is 28.5 Å². The van der Waals surface area contributed by atoms with Gasteiger partial charge >= 0.3 is 0 Å². The summed E-state index contributed by atoms with van der Waals surface area (Å²) in [4.78, 5) is 12.6. The summed E-state index contributed by atoms with van der Waals surface area (Å²) >= 11 is 5.97. The second kappa shape index (κ2) is 9.19. The van der Waals surface area contributed by atoms with Crippen molar-refractivity contribution < 1.29 is 17.9 Å². The van der Waals surface area contributed by atoms with E-state index >= 15 is 0 Å². The Labute approximate surface area is 181 Å². The third-order valence-electron chi connectivity index (χ3n) is 4.54. The van der Waals surface area contributed by atoms with Gasteiger partial charge in [0.05, 0.1) is 17.7 Å². The van der Waals surface area contributed by atoms with Crippen molar-refractivity contribution in [2.24, 2.45) is 0 Å². The van der Waals surface area contributed by atoms with E-state index in [0.29, 0.717) is 17.3 Å². The summed E-state index contributed by atoms with van der Waals surface area (Å²) < 4.78 is 32.2. The Morgan fingerprint density at radius 3 is 2.40 bits per heavy atom. The highest BCUT2D eigenvalue weighted by Gasteiger charge is 2.22. The van der Waals surface area contributed by atoms with Gasteiger partial charge in [0, 0.05) is 24.2 Å². The highest BCUT2D eigenvalue weighted by Crippen LogP contribution is 2.25. The summed E-state index contributed by atoms with van der Waals surface area (Å²) in [5.74, 6) is 0.361. The number of nitrogens with one attached hydrogen (secondary N) is 1. The zero-order chi connectivity index (χ0) is 21.7. The summed E-state index contributed by atoms with van der Waals surface area (Å²) in [6, 6.07) is 19.8. The maximum Gasteiger partial charge on any atom is 0.264 e. The van der Waals surface area contributed by atoms with Gasteiger partial charge in [-0.25, -0.2) is 8.42 Å². The van der Waals surface area contributed by atoms with Crippen LogP contribution in [0.1, 0.15) is 15.9 Å². The van der Waals surface area contributed by atoms with Crippen LogP contribution in [0.3, 0.4) is 0 Å². The van der Waals surface area contributed by atoms with Gasteiger partial charge in [-0.15, -0.1) is 0 Å². The van der Waals surface area contributed by atoms with E-state index in [1.807, 2.05) is 12.1 Å². The van der Waals surface area contributed by atoms with Gasteiger partial charge in [-0.3, -0.25) is 9.10 Å². The van der Waals surface area contributed by atoms with Gasteiger partial charge in [-0.1, -0.05) is 35.9 Å². The first kappa shape index (κ1) is 21.7. The first-order valence-electron chi connectivity index (χ1n) is 9.07. The quantitative estimate of drug-likeness (QED) is 0.595. The van der Waals surface area contributed by atoms with E-state index in [4.69, 9.17) is 16.3 Å². The molecular weight excluding hydrogens is 424 g/mol. The van der Waals surface area contributed by atoms with E-state index in [0.717, 1.165) is 15.6 Å². The van der Waals surface area contributed by atoms with Crippen LogP contribution in [0.15, 0.2) is 77.7 Å². The van der Waals surface area contributed by atoms with Crippen LogP contribution in [0, 0.1) is 0 Å². The molecule has 0 aliphatic rings. The lowest BCUT2D eigenvalue weighted by Gasteiger charge is -2.20. The van der Waals surface area contributed by atoms with Crippen LogP contribution < -0.4 is 14.4 Å². The van der Waals surface area contributed by atoms with Crippen molar-refractivity contribution in [2.75, 3.05) is 18.5 Å². The maximum absolute atomic E-state index is 13.0. The maximum atomic E-state index is 13.0. The minimum atomic E-state index is -3.86. The monoisotopic (exact) mass is 444 g/mol. The molecule has 0 aromatic heterocycles. The van der Waals surface area contributed by atoms with Crippen LogP contribution >= 0.6 is 11.6 Å². The van der Waals surface area contributed by atoms with Gasteiger partial charge in [0.15, 0.2) is 0 Å². The molecule has 6 nitrogen and oxygen atoms in total. The third-order valence-corrected chi connectivity index (χ3v) is 6.56. The summed E-state index contributed by atoms with van der Waals surface area (Å²) in [6.45, 7) is 0.308. The zero-order valence-corrected chi connectivity index (χ0v) is 18.1. The number of amides is 1. The highest BCUT2D eigenvalue weighted by atomic mass is 35.5. The predicted octanol–water partition coefficient (Wildman–Crippen LogP) is 4.10. The average Bonchev–Trinajstić information content (AvgIpc) is 2.77. The van der Waals surface area contributed by atoms with Gasteiger partial charge in [-0.05, 0) is 54.1 Å². The third kappa shape index (κ3) is 4.93. The molecule has 0 atom stereocenters. The number of methoxy groups -OCH3 is 1. The predicted molar refractivity (Wildman–Crippen MR) is 118 cm³/mol. The van der Waals surface area contributed by atoms with Gasteiger partial charge in [-0.2, -0.15) is 0 Å². The molecule has 1 amide bonds. The van der Waals surface area contributed by atoms with E-state index in [9.17, 15) is 13.2 Å². The van der Waals surface area contributed by atoms with Gasteiger partial charge in [0.1, 0.15) is 5.75 Å². The number of sulfonamides is 1. The molecule has 3 aromatic rings. The van der Waals surface area contributed by atoms with E-state index in [-0.39, 0.29) is 16.4 Å². The second-order valence-electron chi connectivity index (χ2n) is 6.51. The fraction of sp³-hybridized carbons (Fsp3) is 0.136. The smallest absolute Gasteiger partial charge is 0.264 e. The molecule has 0 spiro atoms. The standard InChI is InChI=1S/C22H21ClN2O4S/c1-25(19-7-4-6-18(23)14-19)30(27,28)21-8-3-5-17(13-21)22(26)24-15-16-9-11-20(29-2)12-10-16/h3-14H,15H2,1-2H3,(H,24,26). The summed E-state index contributed by atoms with van der Waals surface area (Å²) in [6.07, 6.45) is 0. The minimum Gasteiger partial charge on any atom is -0.497 e. The summed E-state index contributed by atoms with van der Waals surface area (Å²) in [5.41, 5.74) is 1.58. The van der Waals surface area contributed by atoms with Gasteiger partial charge in [0.25, 0.3) is 15.9 Å². The van der Waals surface area contributed by atoms with E-state index < -0.39 is 10.0 Å². The largest absolute Gasteiger partial charge is 0.497 e. The Bertz CT molecular complexity index is 1150. The molecule has 0 bridgehead atoms. The van der Waals surface area contributed by atoms with Crippen LogP contribution in [0.25, 0.3) is 0 Å². The first-order valence-corrected chi connectivity index (χ1v) is 10.9. The SMILES string of the molecule is COc1ccc(CNC(=O)c2cccc(S(=O)(=O)N(C)c3cccc(Cl)c3)c2)cc1. The van der Waals surface area contributed by atoms with Crippen molar-refractivity contribution in [1.29, 1.82) is 0 Å². The number of anilines is 1. The van der Waals surface area contributed by atoms with E-state index in [2.05, 4.69) is 5.32 Å². The molecule has 0 unspecified atom stereocenters. The van der Waals surface area contributed by atoms with Crippen molar-refractivity contribution >= 4 is 33.2 Å². The Morgan fingerprint density at radius 1 is 1.03 bits per heavy atom. The van der Waals surface area contributed by atoms with Crippen molar-refractivity contribution in [2.45, 2.75) is 11.4 Å². The molecule has 1 N–H and O–H groups in total. The molecule has 0 fully saturated rings. The number of hydrogen-bond acceptors (Lipinski definition) is 4. The molecule has 3 aromatic carbocycles. The average molecular weight is 445 g/mol. The molecule has 3 rings (SSSR count). The second-order valence-corrected chi connectivity index (χ2v) is 8.92. The fourth-order valence-corrected chi connectivity index (χ4v) is 4.21. The highest BCUT2D eigenvalue weighted by molar-refractivity contribution is 7.92. The molecule has 0 saturated carbocycles. The number of rotatable bonds is 7. The van der Waals surface area contributed by atoms with Crippen LogP contribution in [-0.2, 0) is 16.6 Å². The topological polar surface area (TPSA) is 75.7 Å². The van der Waals surface area contributed by atoms with Gasteiger partial charge in [0.2, 0.25) is 0 Å². The number of benzene rings is 3. The molecule has 0 saturated heterocycles. The van der Waals surface area contributed by atoms with Crippen molar-refractivity contribution in [3.8, 4) is 5.75 Å². The molecule has 30 heavy (non-hydrogen) atoms. The molecule has 8 heteroatoms.